The van der Waals surface area contributed by atoms with E-state index in [4.69, 9.17) is 0 Å². The van der Waals surface area contributed by atoms with Crippen molar-refractivity contribution in [2.24, 2.45) is 5.92 Å². The predicted molar refractivity (Wildman–Crippen MR) is 38.5 cm³/mol. The summed E-state index contributed by atoms with van der Waals surface area (Å²) >= 11 is 0. The van der Waals surface area contributed by atoms with Crippen LogP contribution in [0.3, 0.4) is 0 Å². The summed E-state index contributed by atoms with van der Waals surface area (Å²) in [5.41, 5.74) is 0. The molecule has 3 nitrogen and oxygen atoms in total. The van der Waals surface area contributed by atoms with Gasteiger partial charge in [-0.05, 0) is 0 Å². The fourth-order valence-electron chi connectivity index (χ4n) is 1.39. The highest BCUT2D eigenvalue weighted by Gasteiger charge is 2.21. The molecular formula is C7H15N2O+. The van der Waals surface area contributed by atoms with Gasteiger partial charge in [0.25, 0.3) is 0 Å². The van der Waals surface area contributed by atoms with E-state index in [1.165, 1.54) is 0 Å². The average Bonchev–Trinajstić information content (AvgIpc) is 2.05. The van der Waals surface area contributed by atoms with E-state index in [0.29, 0.717) is 0 Å². The van der Waals surface area contributed by atoms with E-state index in [-0.39, 0.29) is 11.8 Å². The van der Waals surface area contributed by atoms with Gasteiger partial charge in [0.1, 0.15) is 0 Å². The molecule has 1 aliphatic rings. The number of carbonyl (C=O) groups is 1. The van der Waals surface area contributed by atoms with Gasteiger partial charge < -0.3 is 10.6 Å². The quantitative estimate of drug-likeness (QED) is 0.471. The van der Waals surface area contributed by atoms with Crippen molar-refractivity contribution in [3.8, 4) is 0 Å². The van der Waals surface area contributed by atoms with Crippen LogP contribution in [-0.2, 0) is 4.79 Å². The second-order valence-electron chi connectivity index (χ2n) is 2.75. The Morgan fingerprint density at radius 1 is 1.50 bits per heavy atom. The number of nitrogens with one attached hydrogen (secondary N) is 1. The lowest BCUT2D eigenvalue weighted by atomic mass is 9.97. The Kier molecular flexibility index (Phi) is 2.68. The maximum absolute atomic E-state index is 11.0. The van der Waals surface area contributed by atoms with Crippen LogP contribution < -0.4 is 10.6 Å². The molecule has 0 saturated carbocycles. The van der Waals surface area contributed by atoms with E-state index < -0.39 is 0 Å². The van der Waals surface area contributed by atoms with Gasteiger partial charge in [0, 0.05) is 25.8 Å². The third-order valence-corrected chi connectivity index (χ3v) is 2.06. The summed E-state index contributed by atoms with van der Waals surface area (Å²) in [6, 6.07) is 0. The third kappa shape index (κ3) is 1.70. The van der Waals surface area contributed by atoms with E-state index >= 15 is 0 Å². The largest absolute Gasteiger partial charge is 0.359 e. The van der Waals surface area contributed by atoms with Crippen molar-refractivity contribution < 1.29 is 10.1 Å². The van der Waals surface area contributed by atoms with E-state index in [2.05, 4.69) is 10.6 Å². The molecule has 3 heteroatoms. The number of quaternary nitrogens is 1. The van der Waals surface area contributed by atoms with Gasteiger partial charge in [-0.3, -0.25) is 4.79 Å². The van der Waals surface area contributed by atoms with Gasteiger partial charge in [-0.1, -0.05) is 0 Å². The predicted octanol–water partition coefficient (Wildman–Crippen LogP) is -1.29. The van der Waals surface area contributed by atoms with Gasteiger partial charge in [-0.25, -0.2) is 0 Å². The summed E-state index contributed by atoms with van der Waals surface area (Å²) in [6.45, 7) is 2.22. The Balaban J connectivity index is 2.31. The number of piperidine rings is 1. The summed E-state index contributed by atoms with van der Waals surface area (Å²) in [5, 5.41) is 4.95. The van der Waals surface area contributed by atoms with Crippen molar-refractivity contribution in [2.75, 3.05) is 20.1 Å². The lowest BCUT2D eigenvalue weighted by Crippen LogP contribution is -2.86. The minimum absolute atomic E-state index is 0.216. The van der Waals surface area contributed by atoms with Gasteiger partial charge in [-0.15, -0.1) is 0 Å². The number of nitrogens with two attached hydrogens (primary N) is 1. The maximum atomic E-state index is 11.0. The minimum atomic E-state index is 0.216. The number of amides is 1. The molecule has 0 spiro atoms. The monoisotopic (exact) mass is 143 g/mol. The van der Waals surface area contributed by atoms with E-state index in [0.717, 1.165) is 25.9 Å². The first-order chi connectivity index (χ1) is 4.84. The molecule has 0 unspecified atom stereocenters. The number of hydrogen-bond donors (Lipinski definition) is 2. The SMILES string of the molecule is CNC(=O)C1CC[NH2+]CC1. The Bertz CT molecular complexity index is 119. The molecule has 10 heavy (non-hydrogen) atoms. The fourth-order valence-corrected chi connectivity index (χ4v) is 1.39. The van der Waals surface area contributed by atoms with Crippen LogP contribution in [0, 0.1) is 5.92 Å². The second kappa shape index (κ2) is 3.56. The zero-order valence-electron chi connectivity index (χ0n) is 6.39. The molecular weight excluding hydrogens is 128 g/mol. The normalized spacial score (nSPS) is 20.5. The topological polar surface area (TPSA) is 45.7 Å². The van der Waals surface area contributed by atoms with Crippen LogP contribution in [0.1, 0.15) is 12.8 Å². The van der Waals surface area contributed by atoms with Gasteiger partial charge in [0.2, 0.25) is 5.91 Å². The van der Waals surface area contributed by atoms with Crippen molar-refractivity contribution in [1.29, 1.82) is 0 Å². The highest BCUT2D eigenvalue weighted by Crippen LogP contribution is 2.07. The Hall–Kier alpha value is -0.570. The number of hydrogen-bond acceptors (Lipinski definition) is 1. The van der Waals surface area contributed by atoms with Crippen LogP contribution in [0.4, 0.5) is 0 Å². The van der Waals surface area contributed by atoms with Crippen molar-refractivity contribution in [3.63, 3.8) is 0 Å². The minimum Gasteiger partial charge on any atom is -0.359 e. The Morgan fingerprint density at radius 3 is 2.60 bits per heavy atom. The van der Waals surface area contributed by atoms with Gasteiger partial charge in [0.15, 0.2) is 0 Å². The van der Waals surface area contributed by atoms with Gasteiger partial charge in [0.05, 0.1) is 13.1 Å². The molecule has 1 heterocycles. The Morgan fingerprint density at radius 2 is 2.10 bits per heavy atom. The highest BCUT2D eigenvalue weighted by atomic mass is 16.1. The summed E-state index contributed by atoms with van der Waals surface area (Å²) in [6.07, 6.45) is 2.08. The van der Waals surface area contributed by atoms with Crippen LogP contribution in [0.5, 0.6) is 0 Å². The first-order valence-electron chi connectivity index (χ1n) is 3.88. The van der Waals surface area contributed by atoms with E-state index in [1.54, 1.807) is 7.05 Å². The summed E-state index contributed by atoms with van der Waals surface area (Å²) < 4.78 is 0. The van der Waals surface area contributed by atoms with E-state index in [9.17, 15) is 4.79 Å². The van der Waals surface area contributed by atoms with Crippen molar-refractivity contribution >= 4 is 5.91 Å². The first kappa shape index (κ1) is 7.54. The molecule has 0 aromatic heterocycles. The molecule has 1 saturated heterocycles. The average molecular weight is 143 g/mol. The zero-order chi connectivity index (χ0) is 7.40. The van der Waals surface area contributed by atoms with Crippen LogP contribution in [0.25, 0.3) is 0 Å². The van der Waals surface area contributed by atoms with Crippen LogP contribution in [-0.4, -0.2) is 26.0 Å². The fraction of sp³-hybridized carbons (Fsp3) is 0.857. The maximum Gasteiger partial charge on any atom is 0.223 e. The molecule has 0 aromatic rings. The van der Waals surface area contributed by atoms with Crippen LogP contribution in [0.15, 0.2) is 0 Å². The first-order valence-corrected chi connectivity index (χ1v) is 3.88. The van der Waals surface area contributed by atoms with E-state index in [1.807, 2.05) is 0 Å². The lowest BCUT2D eigenvalue weighted by molar-refractivity contribution is -0.664. The molecule has 0 radical (unpaired) electrons. The standard InChI is InChI=1S/C7H14N2O/c1-8-7(10)6-2-4-9-5-3-6/h6,9H,2-5H2,1H3,(H,8,10)/p+1. The van der Waals surface area contributed by atoms with Gasteiger partial charge >= 0.3 is 0 Å². The molecule has 0 bridgehead atoms. The number of carbonyl (C=O) groups excluding carboxylic acids is 1. The van der Waals surface area contributed by atoms with Crippen LogP contribution in [0.2, 0.25) is 0 Å². The molecule has 0 atom stereocenters. The summed E-state index contributed by atoms with van der Waals surface area (Å²) in [5.74, 6) is 0.503. The van der Waals surface area contributed by atoms with Crippen molar-refractivity contribution in [2.45, 2.75) is 12.8 Å². The molecule has 3 N–H and O–H groups in total. The van der Waals surface area contributed by atoms with Gasteiger partial charge in [-0.2, -0.15) is 0 Å². The summed E-state index contributed by atoms with van der Waals surface area (Å²) in [4.78, 5) is 11.0. The molecule has 1 rings (SSSR count). The third-order valence-electron chi connectivity index (χ3n) is 2.06. The zero-order valence-corrected chi connectivity index (χ0v) is 6.39. The van der Waals surface area contributed by atoms with Crippen LogP contribution >= 0.6 is 0 Å². The molecule has 0 aromatic carbocycles. The lowest BCUT2D eigenvalue weighted by Gasteiger charge is -2.18. The highest BCUT2D eigenvalue weighted by molar-refractivity contribution is 5.78. The Labute approximate surface area is 61.2 Å². The summed E-state index contributed by atoms with van der Waals surface area (Å²) in [7, 11) is 1.71. The van der Waals surface area contributed by atoms with Crippen molar-refractivity contribution in [3.05, 3.63) is 0 Å². The second-order valence-corrected chi connectivity index (χ2v) is 2.75. The smallest absolute Gasteiger partial charge is 0.223 e. The molecule has 58 valence electrons. The van der Waals surface area contributed by atoms with Crippen molar-refractivity contribution in [1.82, 2.24) is 5.32 Å². The molecule has 1 aliphatic heterocycles. The molecule has 0 aliphatic carbocycles. The molecule has 1 amide bonds. The molecule has 1 fully saturated rings. The number of rotatable bonds is 1.